The van der Waals surface area contributed by atoms with Gasteiger partial charge in [0.25, 0.3) is 11.5 Å². The number of fused-ring (bicyclic) bond motifs is 1. The molecule has 4 rings (SSSR count). The highest BCUT2D eigenvalue weighted by Crippen LogP contribution is 2.24. The standard InChI is InChI=1S/C26H31N3O6/c1-32-17-21-8-7-20(35-21)16-28-10-9-22-25(23(34-3)14-24(30)29(22)12-11-28)26(31)27-15-18-5-4-6-19(13-18)33-2/h4-8,13-14H,9-12,15-17H2,1-3H3,(H,27,31). The van der Waals surface area contributed by atoms with Crippen LogP contribution in [0.4, 0.5) is 0 Å². The molecule has 1 aliphatic heterocycles. The van der Waals surface area contributed by atoms with Gasteiger partial charge in [-0.2, -0.15) is 0 Å². The number of aromatic nitrogens is 1. The van der Waals surface area contributed by atoms with Gasteiger partial charge in [-0.05, 0) is 29.8 Å². The summed E-state index contributed by atoms with van der Waals surface area (Å²) in [5.74, 6) is 2.34. The molecule has 0 saturated carbocycles. The van der Waals surface area contributed by atoms with Crippen molar-refractivity contribution < 1.29 is 23.4 Å². The van der Waals surface area contributed by atoms with Crippen LogP contribution < -0.4 is 20.3 Å². The number of furan rings is 1. The zero-order chi connectivity index (χ0) is 24.8. The van der Waals surface area contributed by atoms with E-state index < -0.39 is 0 Å². The number of amides is 1. The highest BCUT2D eigenvalue weighted by molar-refractivity contribution is 5.98. The number of benzene rings is 1. The molecule has 0 spiro atoms. The molecule has 0 aliphatic carbocycles. The first-order valence-corrected chi connectivity index (χ1v) is 11.5. The molecule has 1 N–H and O–H groups in total. The monoisotopic (exact) mass is 481 g/mol. The summed E-state index contributed by atoms with van der Waals surface area (Å²) >= 11 is 0. The lowest BCUT2D eigenvalue weighted by Gasteiger charge is -2.17. The molecule has 1 aromatic carbocycles. The van der Waals surface area contributed by atoms with E-state index in [0.29, 0.717) is 57.0 Å². The fourth-order valence-corrected chi connectivity index (χ4v) is 4.36. The van der Waals surface area contributed by atoms with Crippen molar-refractivity contribution in [1.82, 2.24) is 14.8 Å². The molecule has 3 heterocycles. The molecule has 0 fully saturated rings. The van der Waals surface area contributed by atoms with Crippen molar-refractivity contribution in [2.24, 2.45) is 0 Å². The lowest BCUT2D eigenvalue weighted by molar-refractivity contribution is 0.0945. The minimum Gasteiger partial charge on any atom is -0.497 e. The molecule has 3 aromatic rings. The fourth-order valence-electron chi connectivity index (χ4n) is 4.36. The average molecular weight is 482 g/mol. The van der Waals surface area contributed by atoms with Crippen molar-refractivity contribution in [3.8, 4) is 11.5 Å². The van der Waals surface area contributed by atoms with Gasteiger partial charge in [0.1, 0.15) is 35.2 Å². The summed E-state index contributed by atoms with van der Waals surface area (Å²) in [6.45, 7) is 3.16. The van der Waals surface area contributed by atoms with E-state index in [-0.39, 0.29) is 17.2 Å². The van der Waals surface area contributed by atoms with Crippen LogP contribution in [0.15, 0.2) is 51.7 Å². The Morgan fingerprint density at radius 3 is 2.63 bits per heavy atom. The van der Waals surface area contributed by atoms with Crippen LogP contribution in [0.2, 0.25) is 0 Å². The van der Waals surface area contributed by atoms with Gasteiger partial charge in [0, 0.05) is 51.5 Å². The fraction of sp³-hybridized carbons (Fsp3) is 0.385. The second-order valence-corrected chi connectivity index (χ2v) is 8.39. The number of rotatable bonds is 9. The molecule has 0 saturated heterocycles. The summed E-state index contributed by atoms with van der Waals surface area (Å²) < 4.78 is 23.4. The number of ether oxygens (including phenoxy) is 3. The Labute approximate surface area is 204 Å². The normalized spacial score (nSPS) is 13.7. The van der Waals surface area contributed by atoms with Crippen molar-refractivity contribution in [3.63, 3.8) is 0 Å². The second kappa shape index (κ2) is 11.2. The Bertz CT molecular complexity index is 1230. The maximum Gasteiger partial charge on any atom is 0.257 e. The number of carbonyl (C=O) groups is 1. The van der Waals surface area contributed by atoms with Crippen molar-refractivity contribution >= 4 is 5.91 Å². The van der Waals surface area contributed by atoms with Crippen molar-refractivity contribution in [2.75, 3.05) is 34.4 Å². The number of nitrogens with zero attached hydrogens (tertiary/aromatic N) is 2. The van der Waals surface area contributed by atoms with Gasteiger partial charge < -0.3 is 28.5 Å². The SMILES string of the molecule is COCc1ccc(CN2CCc3c(C(=O)NCc4cccc(OC)c4)c(OC)cc(=O)n3CC2)o1. The number of methoxy groups -OCH3 is 3. The molecule has 0 unspecified atom stereocenters. The minimum absolute atomic E-state index is 0.177. The Morgan fingerprint density at radius 2 is 1.86 bits per heavy atom. The van der Waals surface area contributed by atoms with Gasteiger partial charge in [0.2, 0.25) is 0 Å². The first kappa shape index (κ1) is 24.6. The van der Waals surface area contributed by atoms with Gasteiger partial charge in [-0.25, -0.2) is 0 Å². The molecule has 1 aliphatic rings. The van der Waals surface area contributed by atoms with Crippen LogP contribution in [-0.4, -0.2) is 49.8 Å². The molecule has 0 atom stereocenters. The molecular formula is C26H31N3O6. The Hall–Kier alpha value is -3.56. The first-order chi connectivity index (χ1) is 17.0. The van der Waals surface area contributed by atoms with Gasteiger partial charge in [-0.1, -0.05) is 12.1 Å². The smallest absolute Gasteiger partial charge is 0.257 e. The molecule has 9 nitrogen and oxygen atoms in total. The first-order valence-electron chi connectivity index (χ1n) is 11.5. The van der Waals surface area contributed by atoms with Crippen molar-refractivity contribution in [2.45, 2.75) is 32.7 Å². The Kier molecular flexibility index (Phi) is 7.89. The lowest BCUT2D eigenvalue weighted by Crippen LogP contribution is -2.31. The van der Waals surface area contributed by atoms with Gasteiger partial charge in [0.15, 0.2) is 0 Å². The molecule has 35 heavy (non-hydrogen) atoms. The van der Waals surface area contributed by atoms with Gasteiger partial charge in [-0.15, -0.1) is 0 Å². The third-order valence-electron chi connectivity index (χ3n) is 6.10. The predicted molar refractivity (Wildman–Crippen MR) is 130 cm³/mol. The average Bonchev–Trinajstić information content (AvgIpc) is 3.20. The van der Waals surface area contributed by atoms with Gasteiger partial charge in [0.05, 0.1) is 20.8 Å². The second-order valence-electron chi connectivity index (χ2n) is 8.39. The number of carbonyl (C=O) groups excluding carboxylic acids is 1. The van der Waals surface area contributed by atoms with Gasteiger partial charge in [-0.3, -0.25) is 14.5 Å². The van der Waals surface area contributed by atoms with E-state index in [1.54, 1.807) is 18.8 Å². The minimum atomic E-state index is -0.280. The highest BCUT2D eigenvalue weighted by atomic mass is 16.5. The van der Waals surface area contributed by atoms with Crippen molar-refractivity contribution in [1.29, 1.82) is 0 Å². The third-order valence-corrected chi connectivity index (χ3v) is 6.10. The number of hydrogen-bond donors (Lipinski definition) is 1. The zero-order valence-electron chi connectivity index (χ0n) is 20.3. The van der Waals surface area contributed by atoms with Crippen molar-refractivity contribution in [3.05, 3.63) is 81.2 Å². The van der Waals surface area contributed by atoms with Crippen LogP contribution >= 0.6 is 0 Å². The van der Waals surface area contributed by atoms with E-state index in [2.05, 4.69) is 10.2 Å². The summed E-state index contributed by atoms with van der Waals surface area (Å²) in [6, 6.07) is 12.8. The molecule has 2 aromatic heterocycles. The van der Waals surface area contributed by atoms with E-state index in [1.807, 2.05) is 36.4 Å². The molecule has 186 valence electrons. The quantitative estimate of drug-likeness (QED) is 0.502. The van der Waals surface area contributed by atoms with Crippen LogP contribution in [0.3, 0.4) is 0 Å². The van der Waals surface area contributed by atoms with Crippen LogP contribution in [0.5, 0.6) is 11.5 Å². The van der Waals surface area contributed by atoms with E-state index in [0.717, 1.165) is 22.8 Å². The van der Waals surface area contributed by atoms with E-state index >= 15 is 0 Å². The molecule has 0 bridgehead atoms. The predicted octanol–water partition coefficient (Wildman–Crippen LogP) is 2.59. The molecule has 0 radical (unpaired) electrons. The topological polar surface area (TPSA) is 95.2 Å². The Morgan fingerprint density at radius 1 is 1.03 bits per heavy atom. The maximum absolute atomic E-state index is 13.3. The van der Waals surface area contributed by atoms with Crippen LogP contribution in [0, 0.1) is 0 Å². The molecule has 9 heteroatoms. The summed E-state index contributed by atoms with van der Waals surface area (Å²) in [5.41, 5.74) is 1.81. The van der Waals surface area contributed by atoms with E-state index in [9.17, 15) is 9.59 Å². The summed E-state index contributed by atoms with van der Waals surface area (Å²) in [4.78, 5) is 28.4. The number of hydrogen-bond acceptors (Lipinski definition) is 7. The van der Waals surface area contributed by atoms with Crippen LogP contribution in [0.1, 0.15) is 33.1 Å². The van der Waals surface area contributed by atoms with Gasteiger partial charge >= 0.3 is 0 Å². The Balaban J connectivity index is 1.53. The summed E-state index contributed by atoms with van der Waals surface area (Å²) in [6.07, 6.45) is 0.528. The number of pyridine rings is 1. The lowest BCUT2D eigenvalue weighted by atomic mass is 10.1. The van der Waals surface area contributed by atoms with E-state index in [4.69, 9.17) is 18.6 Å². The molecular weight excluding hydrogens is 450 g/mol. The number of nitrogens with one attached hydrogen (secondary N) is 1. The molecule has 1 amide bonds. The van der Waals surface area contributed by atoms with E-state index in [1.165, 1.54) is 13.2 Å². The van der Waals surface area contributed by atoms with Crippen LogP contribution in [0.25, 0.3) is 0 Å². The summed E-state index contributed by atoms with van der Waals surface area (Å²) in [7, 11) is 4.71. The van der Waals surface area contributed by atoms with Crippen LogP contribution in [-0.2, 0) is 37.4 Å². The highest BCUT2D eigenvalue weighted by Gasteiger charge is 2.25. The third kappa shape index (κ3) is 5.75. The maximum atomic E-state index is 13.3. The zero-order valence-corrected chi connectivity index (χ0v) is 20.3. The summed E-state index contributed by atoms with van der Waals surface area (Å²) in [5, 5.41) is 2.97. The largest absolute Gasteiger partial charge is 0.497 e.